The van der Waals surface area contributed by atoms with Crippen LogP contribution in [0.1, 0.15) is 12.5 Å². The van der Waals surface area contributed by atoms with Gasteiger partial charge in [0.2, 0.25) is 0 Å². The van der Waals surface area contributed by atoms with Gasteiger partial charge in [-0.2, -0.15) is 0 Å². The molecule has 0 bridgehead atoms. The van der Waals surface area contributed by atoms with Crippen LogP contribution in [0, 0.1) is 0 Å². The summed E-state index contributed by atoms with van der Waals surface area (Å²) in [6, 6.07) is 7.81. The first-order chi connectivity index (χ1) is 6.22. The zero-order chi connectivity index (χ0) is 9.68. The number of benzene rings is 1. The van der Waals surface area contributed by atoms with Crippen LogP contribution < -0.4 is 10.5 Å². The topological polar surface area (TPSA) is 35.2 Å². The van der Waals surface area contributed by atoms with Crippen LogP contribution in [0.2, 0.25) is 0 Å². The number of hydrogen-bond acceptors (Lipinski definition) is 2. The Morgan fingerprint density at radius 3 is 2.92 bits per heavy atom. The lowest BCUT2D eigenvalue weighted by molar-refractivity contribution is 0.340. The van der Waals surface area contributed by atoms with Crippen molar-refractivity contribution in [2.45, 2.75) is 13.3 Å². The van der Waals surface area contributed by atoms with Gasteiger partial charge in [-0.1, -0.05) is 24.4 Å². The average molecular weight is 195 g/mol. The molecule has 0 unspecified atom stereocenters. The van der Waals surface area contributed by atoms with E-state index in [1.165, 1.54) is 0 Å². The Bertz CT molecular complexity index is 299. The Morgan fingerprint density at radius 1 is 1.54 bits per heavy atom. The predicted molar refractivity (Wildman–Crippen MR) is 58.1 cm³/mol. The summed E-state index contributed by atoms with van der Waals surface area (Å²) in [5.74, 6) is 0.872. The molecule has 2 nitrogen and oxygen atoms in total. The van der Waals surface area contributed by atoms with Crippen LogP contribution in [0.15, 0.2) is 24.3 Å². The van der Waals surface area contributed by atoms with Crippen molar-refractivity contribution in [1.82, 2.24) is 0 Å². The second-order valence-corrected chi connectivity index (χ2v) is 3.25. The van der Waals surface area contributed by atoms with Crippen LogP contribution in [0.25, 0.3) is 0 Å². The van der Waals surface area contributed by atoms with Gasteiger partial charge in [0, 0.05) is 6.42 Å². The first kappa shape index (κ1) is 9.99. The molecule has 70 valence electrons. The van der Waals surface area contributed by atoms with E-state index in [2.05, 4.69) is 0 Å². The Balaban J connectivity index is 2.73. The zero-order valence-electron chi connectivity index (χ0n) is 7.62. The van der Waals surface area contributed by atoms with Gasteiger partial charge < -0.3 is 10.5 Å². The predicted octanol–water partition coefficient (Wildman–Crippen LogP) is 1.91. The van der Waals surface area contributed by atoms with Crippen LogP contribution in [0.4, 0.5) is 0 Å². The summed E-state index contributed by atoms with van der Waals surface area (Å²) in [7, 11) is 0. The molecule has 0 spiro atoms. The normalized spacial score (nSPS) is 9.62. The van der Waals surface area contributed by atoms with E-state index in [9.17, 15) is 0 Å². The third-order valence-corrected chi connectivity index (χ3v) is 1.73. The maximum absolute atomic E-state index is 5.44. The van der Waals surface area contributed by atoms with Gasteiger partial charge >= 0.3 is 0 Å². The number of nitrogens with two attached hydrogens (primary N) is 1. The molecule has 0 saturated heterocycles. The third-order valence-electron chi connectivity index (χ3n) is 1.59. The summed E-state index contributed by atoms with van der Waals surface area (Å²) < 4.78 is 5.34. The van der Waals surface area contributed by atoms with Crippen molar-refractivity contribution in [3.8, 4) is 5.75 Å². The fraction of sp³-hybridized carbons (Fsp3) is 0.300. The number of hydrogen-bond donors (Lipinski definition) is 1. The molecule has 3 heteroatoms. The second-order valence-electron chi connectivity index (χ2n) is 2.72. The van der Waals surface area contributed by atoms with Gasteiger partial charge in [-0.3, -0.25) is 0 Å². The summed E-state index contributed by atoms with van der Waals surface area (Å²) in [5, 5.41) is 0. The van der Waals surface area contributed by atoms with Gasteiger partial charge in [-0.05, 0) is 24.6 Å². The molecule has 0 fully saturated rings. The van der Waals surface area contributed by atoms with E-state index >= 15 is 0 Å². The van der Waals surface area contributed by atoms with E-state index in [-0.39, 0.29) is 0 Å². The van der Waals surface area contributed by atoms with Gasteiger partial charge in [-0.25, -0.2) is 0 Å². The van der Waals surface area contributed by atoms with E-state index in [1.54, 1.807) is 0 Å². The van der Waals surface area contributed by atoms with Crippen LogP contribution in [0.3, 0.4) is 0 Å². The van der Waals surface area contributed by atoms with Crippen molar-refractivity contribution < 1.29 is 4.74 Å². The summed E-state index contributed by atoms with van der Waals surface area (Å²) >= 11 is 4.82. The summed E-state index contributed by atoms with van der Waals surface area (Å²) in [4.78, 5) is 0.508. The van der Waals surface area contributed by atoms with Crippen LogP contribution in [-0.2, 0) is 6.42 Å². The van der Waals surface area contributed by atoms with Crippen LogP contribution in [0.5, 0.6) is 5.75 Å². The molecular formula is C10H13NOS. The maximum Gasteiger partial charge on any atom is 0.119 e. The van der Waals surface area contributed by atoms with E-state index in [0.29, 0.717) is 18.0 Å². The van der Waals surface area contributed by atoms with Gasteiger partial charge in [0.1, 0.15) is 5.75 Å². The van der Waals surface area contributed by atoms with Gasteiger partial charge in [0.15, 0.2) is 0 Å². The Labute approximate surface area is 83.7 Å². The fourth-order valence-corrected chi connectivity index (χ4v) is 1.28. The van der Waals surface area contributed by atoms with Crippen LogP contribution in [-0.4, -0.2) is 11.6 Å². The Kier molecular flexibility index (Phi) is 3.71. The highest BCUT2D eigenvalue weighted by Crippen LogP contribution is 2.13. The SMILES string of the molecule is CCOc1cccc(CC(N)=S)c1. The molecule has 1 rings (SSSR count). The van der Waals surface area contributed by atoms with Crippen molar-refractivity contribution in [2.75, 3.05) is 6.61 Å². The van der Waals surface area contributed by atoms with Crippen LogP contribution >= 0.6 is 12.2 Å². The second kappa shape index (κ2) is 4.82. The van der Waals surface area contributed by atoms with E-state index < -0.39 is 0 Å². The molecule has 0 saturated carbocycles. The minimum atomic E-state index is 0.508. The smallest absolute Gasteiger partial charge is 0.119 e. The standard InChI is InChI=1S/C10H13NOS/c1-2-12-9-5-3-4-8(6-9)7-10(11)13/h3-6H,2,7H2,1H3,(H2,11,13). The molecule has 0 amide bonds. The van der Waals surface area contributed by atoms with Gasteiger partial charge in [0.05, 0.1) is 11.6 Å². The van der Waals surface area contributed by atoms with Crippen molar-refractivity contribution >= 4 is 17.2 Å². The number of rotatable bonds is 4. The Morgan fingerprint density at radius 2 is 2.31 bits per heavy atom. The molecule has 0 heterocycles. The number of thiocarbonyl (C=S) groups is 1. The van der Waals surface area contributed by atoms with E-state index in [0.717, 1.165) is 11.3 Å². The summed E-state index contributed by atoms with van der Waals surface area (Å²) in [6.45, 7) is 2.64. The molecule has 0 aromatic heterocycles. The fourth-order valence-electron chi connectivity index (χ4n) is 1.11. The lowest BCUT2D eigenvalue weighted by Crippen LogP contribution is -2.10. The maximum atomic E-state index is 5.44. The van der Waals surface area contributed by atoms with E-state index in [1.807, 2.05) is 31.2 Å². The van der Waals surface area contributed by atoms with Crippen molar-refractivity contribution in [2.24, 2.45) is 5.73 Å². The zero-order valence-corrected chi connectivity index (χ0v) is 8.43. The summed E-state index contributed by atoms with van der Waals surface area (Å²) in [6.07, 6.45) is 0.635. The minimum absolute atomic E-state index is 0.508. The van der Waals surface area contributed by atoms with Gasteiger partial charge in [-0.15, -0.1) is 0 Å². The third kappa shape index (κ3) is 3.42. The lowest BCUT2D eigenvalue weighted by atomic mass is 10.1. The van der Waals surface area contributed by atoms with Crippen molar-refractivity contribution in [1.29, 1.82) is 0 Å². The first-order valence-corrected chi connectivity index (χ1v) is 4.63. The molecular weight excluding hydrogens is 182 g/mol. The monoisotopic (exact) mass is 195 g/mol. The van der Waals surface area contributed by atoms with E-state index in [4.69, 9.17) is 22.7 Å². The highest BCUT2D eigenvalue weighted by Gasteiger charge is 1.97. The molecule has 1 aromatic rings. The molecule has 1 aromatic carbocycles. The molecule has 13 heavy (non-hydrogen) atoms. The first-order valence-electron chi connectivity index (χ1n) is 4.22. The molecule has 2 N–H and O–H groups in total. The Hall–Kier alpha value is -1.09. The molecule has 0 atom stereocenters. The van der Waals surface area contributed by atoms with Crippen molar-refractivity contribution in [3.05, 3.63) is 29.8 Å². The largest absolute Gasteiger partial charge is 0.494 e. The molecule has 0 aliphatic carbocycles. The summed E-state index contributed by atoms with van der Waals surface area (Å²) in [5.41, 5.74) is 6.53. The molecule has 0 aliphatic heterocycles. The number of ether oxygens (including phenoxy) is 1. The highest BCUT2D eigenvalue weighted by atomic mass is 32.1. The quantitative estimate of drug-likeness (QED) is 0.745. The minimum Gasteiger partial charge on any atom is -0.494 e. The average Bonchev–Trinajstić information content (AvgIpc) is 2.04. The lowest BCUT2D eigenvalue weighted by Gasteiger charge is -2.04. The molecule has 0 radical (unpaired) electrons. The van der Waals surface area contributed by atoms with Crippen molar-refractivity contribution in [3.63, 3.8) is 0 Å². The highest BCUT2D eigenvalue weighted by molar-refractivity contribution is 7.80. The van der Waals surface area contributed by atoms with Gasteiger partial charge in [0.25, 0.3) is 0 Å². The molecule has 0 aliphatic rings.